The van der Waals surface area contributed by atoms with Crippen molar-refractivity contribution in [2.75, 3.05) is 6.61 Å². The van der Waals surface area contributed by atoms with Crippen molar-refractivity contribution in [1.29, 1.82) is 0 Å². The van der Waals surface area contributed by atoms with Gasteiger partial charge in [0.1, 0.15) is 5.75 Å². The Morgan fingerprint density at radius 3 is 2.60 bits per heavy atom. The molecule has 0 spiro atoms. The second-order valence-electron chi connectivity index (χ2n) is 4.05. The van der Waals surface area contributed by atoms with Gasteiger partial charge in [0.15, 0.2) is 6.71 Å². The van der Waals surface area contributed by atoms with Crippen molar-refractivity contribution in [1.82, 2.24) is 0 Å². The molecular formula is C12H18BClO. The predicted molar refractivity (Wildman–Crippen MR) is 69.0 cm³/mol. The average molecular weight is 225 g/mol. The molecule has 15 heavy (non-hydrogen) atoms. The van der Waals surface area contributed by atoms with Gasteiger partial charge in [-0.05, 0) is 18.6 Å². The molecule has 0 fully saturated rings. The van der Waals surface area contributed by atoms with Crippen molar-refractivity contribution in [2.24, 2.45) is 0 Å². The van der Waals surface area contributed by atoms with Crippen molar-refractivity contribution in [2.45, 2.75) is 33.4 Å². The molecule has 0 aliphatic heterocycles. The molecule has 0 heterocycles. The molecule has 1 aromatic carbocycles. The van der Waals surface area contributed by atoms with E-state index in [0.29, 0.717) is 6.71 Å². The quantitative estimate of drug-likeness (QED) is 0.550. The predicted octanol–water partition coefficient (Wildman–Crippen LogP) is 3.48. The monoisotopic (exact) mass is 224 g/mol. The molecule has 0 aliphatic carbocycles. The summed E-state index contributed by atoms with van der Waals surface area (Å²) in [4.78, 5) is 0. The van der Waals surface area contributed by atoms with Crippen LogP contribution < -0.4 is 10.2 Å². The summed E-state index contributed by atoms with van der Waals surface area (Å²) in [5.74, 6) is 0.800. The fraction of sp³-hybridized carbons (Fsp3) is 0.500. The third-order valence-electron chi connectivity index (χ3n) is 2.38. The number of hydrogen-bond acceptors (Lipinski definition) is 1. The first-order chi connectivity index (χ1) is 7.15. The number of unbranched alkanes of at least 4 members (excludes halogenated alkanes) is 1. The Labute approximate surface area is 97.9 Å². The van der Waals surface area contributed by atoms with E-state index in [9.17, 15) is 0 Å². The molecule has 0 aliphatic rings. The fourth-order valence-electron chi connectivity index (χ4n) is 1.32. The summed E-state index contributed by atoms with van der Waals surface area (Å²) in [5.41, 5.74) is 1.25. The standard InChI is InChI=1S/C12H18BClO/c1-4-5-8-15-12-7-6-10(13(2)3)9-11(12)14/h6-7,9H,4-5,8H2,1-3H3. The molecule has 3 heteroatoms. The Hall–Kier alpha value is -0.625. The van der Waals surface area contributed by atoms with Crippen LogP contribution in [0.2, 0.25) is 18.7 Å². The zero-order chi connectivity index (χ0) is 11.3. The van der Waals surface area contributed by atoms with Crippen molar-refractivity contribution >= 4 is 23.8 Å². The van der Waals surface area contributed by atoms with Crippen LogP contribution in [0, 0.1) is 0 Å². The summed E-state index contributed by atoms with van der Waals surface area (Å²) in [6.45, 7) is 7.71. The van der Waals surface area contributed by atoms with Gasteiger partial charge in [-0.2, -0.15) is 0 Å². The maximum atomic E-state index is 6.13. The van der Waals surface area contributed by atoms with Crippen LogP contribution in [0.4, 0.5) is 0 Å². The molecule has 0 radical (unpaired) electrons. The second-order valence-corrected chi connectivity index (χ2v) is 4.45. The highest BCUT2D eigenvalue weighted by atomic mass is 35.5. The summed E-state index contributed by atoms with van der Waals surface area (Å²) >= 11 is 6.13. The van der Waals surface area contributed by atoms with Crippen LogP contribution in [-0.2, 0) is 0 Å². The molecule has 0 saturated heterocycles. The zero-order valence-electron chi connectivity index (χ0n) is 9.72. The van der Waals surface area contributed by atoms with E-state index in [4.69, 9.17) is 16.3 Å². The number of ether oxygens (including phenoxy) is 1. The molecule has 0 unspecified atom stereocenters. The highest BCUT2D eigenvalue weighted by molar-refractivity contribution is 6.70. The minimum absolute atomic E-state index is 0.507. The van der Waals surface area contributed by atoms with Gasteiger partial charge in [0.25, 0.3) is 0 Å². The third kappa shape index (κ3) is 3.79. The first-order valence-electron chi connectivity index (χ1n) is 5.57. The van der Waals surface area contributed by atoms with Crippen LogP contribution in [0.15, 0.2) is 18.2 Å². The van der Waals surface area contributed by atoms with E-state index in [0.717, 1.165) is 30.2 Å². The molecule has 0 saturated carbocycles. The zero-order valence-corrected chi connectivity index (χ0v) is 10.5. The Bertz CT molecular complexity index is 312. The molecule has 1 nitrogen and oxygen atoms in total. The van der Waals surface area contributed by atoms with E-state index in [2.05, 4.69) is 26.6 Å². The Morgan fingerprint density at radius 1 is 1.33 bits per heavy atom. The first kappa shape index (κ1) is 12.4. The summed E-state index contributed by atoms with van der Waals surface area (Å²) in [6.07, 6.45) is 2.21. The number of rotatable bonds is 5. The van der Waals surface area contributed by atoms with Crippen molar-refractivity contribution < 1.29 is 4.74 Å². The third-order valence-corrected chi connectivity index (χ3v) is 2.67. The van der Waals surface area contributed by atoms with Gasteiger partial charge in [0.05, 0.1) is 11.6 Å². The average Bonchev–Trinajstić information content (AvgIpc) is 2.20. The van der Waals surface area contributed by atoms with E-state index in [1.165, 1.54) is 5.46 Å². The lowest BCUT2D eigenvalue weighted by Gasteiger charge is -2.09. The second kappa shape index (κ2) is 6.07. The van der Waals surface area contributed by atoms with Crippen molar-refractivity contribution in [3.63, 3.8) is 0 Å². The first-order valence-corrected chi connectivity index (χ1v) is 5.95. The van der Waals surface area contributed by atoms with Gasteiger partial charge in [0, 0.05) is 0 Å². The maximum absolute atomic E-state index is 6.13. The molecule has 0 amide bonds. The summed E-state index contributed by atoms with van der Waals surface area (Å²) < 4.78 is 5.58. The van der Waals surface area contributed by atoms with Crippen LogP contribution >= 0.6 is 11.6 Å². The van der Waals surface area contributed by atoms with E-state index in [-0.39, 0.29) is 0 Å². The summed E-state index contributed by atoms with van der Waals surface area (Å²) in [5, 5.41) is 0.720. The summed E-state index contributed by atoms with van der Waals surface area (Å²) in [6, 6.07) is 6.04. The minimum Gasteiger partial charge on any atom is -0.492 e. The van der Waals surface area contributed by atoms with E-state index >= 15 is 0 Å². The Balaban J connectivity index is 2.66. The molecule has 0 atom stereocenters. The number of hydrogen-bond donors (Lipinski definition) is 0. The summed E-state index contributed by atoms with van der Waals surface area (Å²) in [7, 11) is 0. The molecule has 1 rings (SSSR count). The lowest BCUT2D eigenvalue weighted by molar-refractivity contribution is 0.309. The highest BCUT2D eigenvalue weighted by Gasteiger charge is 2.07. The van der Waals surface area contributed by atoms with Crippen molar-refractivity contribution in [3.8, 4) is 5.75 Å². The Kier molecular flexibility index (Phi) is 5.03. The molecule has 0 bridgehead atoms. The van der Waals surface area contributed by atoms with Crippen LogP contribution in [-0.4, -0.2) is 13.3 Å². The topological polar surface area (TPSA) is 9.23 Å². The molecule has 0 N–H and O–H groups in total. The SMILES string of the molecule is CCCCOc1ccc(B(C)C)cc1Cl. The normalized spacial score (nSPS) is 10.1. The van der Waals surface area contributed by atoms with Gasteiger partial charge in [-0.1, -0.05) is 50.1 Å². The van der Waals surface area contributed by atoms with Gasteiger partial charge in [0.2, 0.25) is 0 Å². The molecule has 82 valence electrons. The van der Waals surface area contributed by atoms with E-state index in [1.54, 1.807) is 0 Å². The van der Waals surface area contributed by atoms with Gasteiger partial charge < -0.3 is 4.74 Å². The lowest BCUT2D eigenvalue weighted by atomic mass is 9.49. The van der Waals surface area contributed by atoms with Gasteiger partial charge >= 0.3 is 0 Å². The van der Waals surface area contributed by atoms with E-state index < -0.39 is 0 Å². The van der Waals surface area contributed by atoms with Crippen molar-refractivity contribution in [3.05, 3.63) is 23.2 Å². The van der Waals surface area contributed by atoms with Gasteiger partial charge in [-0.25, -0.2) is 0 Å². The number of benzene rings is 1. The molecule has 0 aromatic heterocycles. The minimum atomic E-state index is 0.507. The van der Waals surface area contributed by atoms with Crippen LogP contribution in [0.1, 0.15) is 19.8 Å². The number of halogens is 1. The van der Waals surface area contributed by atoms with Gasteiger partial charge in [-0.15, -0.1) is 0 Å². The van der Waals surface area contributed by atoms with Gasteiger partial charge in [-0.3, -0.25) is 0 Å². The fourth-order valence-corrected chi connectivity index (χ4v) is 1.56. The van der Waals surface area contributed by atoms with Crippen LogP contribution in [0.5, 0.6) is 5.75 Å². The maximum Gasteiger partial charge on any atom is 0.169 e. The van der Waals surface area contributed by atoms with E-state index in [1.807, 2.05) is 12.1 Å². The Morgan fingerprint density at radius 2 is 2.07 bits per heavy atom. The lowest BCUT2D eigenvalue weighted by Crippen LogP contribution is -2.22. The van der Waals surface area contributed by atoms with Crippen LogP contribution in [0.25, 0.3) is 0 Å². The largest absolute Gasteiger partial charge is 0.492 e. The van der Waals surface area contributed by atoms with Crippen LogP contribution in [0.3, 0.4) is 0 Å². The highest BCUT2D eigenvalue weighted by Crippen LogP contribution is 2.22. The molecular weight excluding hydrogens is 206 g/mol. The molecule has 1 aromatic rings. The smallest absolute Gasteiger partial charge is 0.169 e.